The molecule has 17 heavy (non-hydrogen) atoms. The molecule has 1 N–H and O–H groups in total. The maximum atomic E-state index is 11.9. The van der Waals surface area contributed by atoms with Crippen molar-refractivity contribution in [2.24, 2.45) is 0 Å². The molecule has 1 fully saturated rings. The van der Waals surface area contributed by atoms with Crippen molar-refractivity contribution in [1.82, 2.24) is 5.32 Å². The minimum Gasteiger partial charge on any atom is -0.382 e. The standard InChI is InChI=1S/C12H25NO3S/c1-2-16-10-5-8-13-9-11-17(14,15)12-6-3-4-7-12/h12-13H,2-11H2,1H3. The highest BCUT2D eigenvalue weighted by atomic mass is 32.2. The predicted octanol–water partition coefficient (Wildman–Crippen LogP) is 1.36. The molecule has 0 unspecified atom stereocenters. The lowest BCUT2D eigenvalue weighted by Crippen LogP contribution is -2.29. The number of hydrogen-bond donors (Lipinski definition) is 1. The van der Waals surface area contributed by atoms with Crippen molar-refractivity contribution in [3.63, 3.8) is 0 Å². The Balaban J connectivity index is 2.05. The van der Waals surface area contributed by atoms with Crippen molar-refractivity contribution in [3.8, 4) is 0 Å². The molecule has 0 atom stereocenters. The fourth-order valence-corrected chi connectivity index (χ4v) is 4.01. The first kappa shape index (κ1) is 14.9. The molecule has 4 nitrogen and oxygen atoms in total. The van der Waals surface area contributed by atoms with Gasteiger partial charge in [0.15, 0.2) is 9.84 Å². The van der Waals surface area contributed by atoms with Crippen LogP contribution in [0.2, 0.25) is 0 Å². The van der Waals surface area contributed by atoms with Gasteiger partial charge in [0, 0.05) is 19.8 Å². The highest BCUT2D eigenvalue weighted by Gasteiger charge is 2.27. The van der Waals surface area contributed by atoms with Crippen LogP contribution in [0.1, 0.15) is 39.0 Å². The summed E-state index contributed by atoms with van der Waals surface area (Å²) in [4.78, 5) is 0. The minimum absolute atomic E-state index is 0.0623. The van der Waals surface area contributed by atoms with Crippen molar-refractivity contribution >= 4 is 9.84 Å². The molecule has 5 heteroatoms. The van der Waals surface area contributed by atoms with E-state index in [1.807, 2.05) is 6.92 Å². The van der Waals surface area contributed by atoms with Crippen LogP contribution in [0.3, 0.4) is 0 Å². The molecule has 0 aromatic carbocycles. The fraction of sp³-hybridized carbons (Fsp3) is 1.00. The van der Waals surface area contributed by atoms with Crippen molar-refractivity contribution in [2.75, 3.05) is 32.1 Å². The van der Waals surface area contributed by atoms with Crippen LogP contribution in [0.15, 0.2) is 0 Å². The van der Waals surface area contributed by atoms with E-state index in [0.717, 1.165) is 51.9 Å². The van der Waals surface area contributed by atoms with Crippen LogP contribution < -0.4 is 5.32 Å². The van der Waals surface area contributed by atoms with Crippen molar-refractivity contribution in [2.45, 2.75) is 44.3 Å². The first-order valence-corrected chi connectivity index (χ1v) is 8.38. The molecule has 1 aliphatic carbocycles. The molecule has 0 saturated heterocycles. The van der Waals surface area contributed by atoms with Crippen LogP contribution in [0.25, 0.3) is 0 Å². The van der Waals surface area contributed by atoms with Gasteiger partial charge in [-0.05, 0) is 32.7 Å². The summed E-state index contributed by atoms with van der Waals surface area (Å²) in [5.74, 6) is 0.284. The highest BCUT2D eigenvalue weighted by Crippen LogP contribution is 2.24. The first-order valence-electron chi connectivity index (χ1n) is 6.67. The molecule has 0 radical (unpaired) electrons. The average molecular weight is 263 g/mol. The third kappa shape index (κ3) is 5.84. The third-order valence-electron chi connectivity index (χ3n) is 3.22. The van der Waals surface area contributed by atoms with Crippen molar-refractivity contribution in [1.29, 1.82) is 0 Å². The average Bonchev–Trinajstić information content (AvgIpc) is 2.82. The Morgan fingerprint density at radius 2 is 1.94 bits per heavy atom. The summed E-state index contributed by atoms with van der Waals surface area (Å²) in [6, 6.07) is 0. The molecule has 0 bridgehead atoms. The molecule has 102 valence electrons. The highest BCUT2D eigenvalue weighted by molar-refractivity contribution is 7.92. The number of sulfone groups is 1. The molecule has 1 aliphatic rings. The summed E-state index contributed by atoms with van der Waals surface area (Å²) < 4.78 is 29.0. The van der Waals surface area contributed by atoms with E-state index in [1.165, 1.54) is 0 Å². The van der Waals surface area contributed by atoms with E-state index in [1.54, 1.807) is 0 Å². The second kappa shape index (κ2) is 8.06. The van der Waals surface area contributed by atoms with E-state index in [2.05, 4.69) is 5.32 Å². The summed E-state index contributed by atoms with van der Waals surface area (Å²) >= 11 is 0. The van der Waals surface area contributed by atoms with Gasteiger partial charge in [0.2, 0.25) is 0 Å². The summed E-state index contributed by atoms with van der Waals surface area (Å²) in [6.07, 6.45) is 4.83. The zero-order chi connectivity index (χ0) is 12.6. The van der Waals surface area contributed by atoms with Gasteiger partial charge in [-0.15, -0.1) is 0 Å². The lowest BCUT2D eigenvalue weighted by Gasteiger charge is -2.11. The van der Waals surface area contributed by atoms with E-state index in [9.17, 15) is 8.42 Å². The molecule has 0 heterocycles. The first-order chi connectivity index (χ1) is 8.17. The van der Waals surface area contributed by atoms with Gasteiger partial charge in [0.1, 0.15) is 0 Å². The van der Waals surface area contributed by atoms with Crippen LogP contribution in [-0.2, 0) is 14.6 Å². The maximum Gasteiger partial charge on any atom is 0.154 e. The number of rotatable bonds is 9. The van der Waals surface area contributed by atoms with E-state index in [-0.39, 0.29) is 11.0 Å². The van der Waals surface area contributed by atoms with E-state index in [0.29, 0.717) is 6.54 Å². The Morgan fingerprint density at radius 3 is 2.59 bits per heavy atom. The zero-order valence-corrected chi connectivity index (χ0v) is 11.6. The lowest BCUT2D eigenvalue weighted by atomic mass is 10.4. The van der Waals surface area contributed by atoms with Crippen LogP contribution in [0.5, 0.6) is 0 Å². The molecule has 0 aromatic rings. The van der Waals surface area contributed by atoms with Crippen molar-refractivity contribution < 1.29 is 13.2 Å². The topological polar surface area (TPSA) is 55.4 Å². The molecular formula is C12H25NO3S. The Kier molecular flexibility index (Phi) is 7.08. The summed E-state index contributed by atoms with van der Waals surface area (Å²) in [5.41, 5.74) is 0. The molecule has 0 amide bonds. The summed E-state index contributed by atoms with van der Waals surface area (Å²) in [6.45, 7) is 4.88. The van der Waals surface area contributed by atoms with Crippen molar-refractivity contribution in [3.05, 3.63) is 0 Å². The summed E-state index contributed by atoms with van der Waals surface area (Å²) in [5, 5.41) is 3.10. The van der Waals surface area contributed by atoms with Crippen LogP contribution in [0.4, 0.5) is 0 Å². The predicted molar refractivity (Wildman–Crippen MR) is 70.0 cm³/mol. The monoisotopic (exact) mass is 263 g/mol. The van der Waals surface area contributed by atoms with Gasteiger partial charge < -0.3 is 10.1 Å². The summed E-state index contributed by atoms with van der Waals surface area (Å²) in [7, 11) is -2.85. The Morgan fingerprint density at radius 1 is 1.24 bits per heavy atom. The lowest BCUT2D eigenvalue weighted by molar-refractivity contribution is 0.145. The Bertz CT molecular complexity index is 284. The maximum absolute atomic E-state index is 11.9. The van der Waals surface area contributed by atoms with Gasteiger partial charge in [-0.25, -0.2) is 8.42 Å². The second-order valence-electron chi connectivity index (χ2n) is 4.57. The zero-order valence-electron chi connectivity index (χ0n) is 10.8. The second-order valence-corrected chi connectivity index (χ2v) is 6.97. The Hall–Kier alpha value is -0.130. The van der Waals surface area contributed by atoms with Gasteiger partial charge >= 0.3 is 0 Å². The molecule has 0 aromatic heterocycles. The molecule has 1 rings (SSSR count). The van der Waals surface area contributed by atoms with E-state index < -0.39 is 9.84 Å². The third-order valence-corrected chi connectivity index (χ3v) is 5.48. The number of hydrogen-bond acceptors (Lipinski definition) is 4. The molecule has 1 saturated carbocycles. The fourth-order valence-electron chi connectivity index (χ4n) is 2.20. The van der Waals surface area contributed by atoms with Gasteiger partial charge in [-0.2, -0.15) is 0 Å². The normalized spacial score (nSPS) is 17.7. The Labute approximate surface area is 105 Å². The van der Waals surface area contributed by atoms with Crippen LogP contribution in [0, 0.1) is 0 Å². The quantitative estimate of drug-likeness (QED) is 0.638. The number of ether oxygens (including phenoxy) is 1. The van der Waals surface area contributed by atoms with E-state index >= 15 is 0 Å². The molecule has 0 spiro atoms. The molecular weight excluding hydrogens is 238 g/mol. The van der Waals surface area contributed by atoms with Crippen LogP contribution >= 0.6 is 0 Å². The smallest absolute Gasteiger partial charge is 0.154 e. The minimum atomic E-state index is -2.85. The van der Waals surface area contributed by atoms with Crippen LogP contribution in [-0.4, -0.2) is 45.7 Å². The van der Waals surface area contributed by atoms with Gasteiger partial charge in [0.25, 0.3) is 0 Å². The number of nitrogens with one attached hydrogen (secondary N) is 1. The van der Waals surface area contributed by atoms with E-state index in [4.69, 9.17) is 4.74 Å². The van der Waals surface area contributed by atoms with Gasteiger partial charge in [0.05, 0.1) is 11.0 Å². The van der Waals surface area contributed by atoms with Gasteiger partial charge in [-0.3, -0.25) is 0 Å². The SMILES string of the molecule is CCOCCCNCCS(=O)(=O)C1CCCC1. The molecule has 0 aliphatic heterocycles. The largest absolute Gasteiger partial charge is 0.382 e. The van der Waals surface area contributed by atoms with Gasteiger partial charge in [-0.1, -0.05) is 12.8 Å².